The summed E-state index contributed by atoms with van der Waals surface area (Å²) in [4.78, 5) is 0. The molecule has 0 saturated heterocycles. The second kappa shape index (κ2) is 5.35. The molecule has 1 nitrogen and oxygen atoms in total. The van der Waals surface area contributed by atoms with Crippen molar-refractivity contribution in [1.82, 2.24) is 0 Å². The maximum Gasteiger partial charge on any atom is 0.393 e. The van der Waals surface area contributed by atoms with Crippen LogP contribution in [0.4, 0.5) is 27.6 Å². The van der Waals surface area contributed by atoms with Gasteiger partial charge in [-0.1, -0.05) is 12.8 Å². The van der Waals surface area contributed by atoms with Crippen LogP contribution in [0.25, 0.3) is 0 Å². The molecular weight excluding hydrogens is 265 g/mol. The van der Waals surface area contributed by atoms with Crippen LogP contribution < -0.4 is 5.32 Å². The highest BCUT2D eigenvalue weighted by Crippen LogP contribution is 2.39. The Hall–Kier alpha value is -1.33. The predicted molar refractivity (Wildman–Crippen MR) is 61.8 cm³/mol. The normalized spacial score (nSPS) is 24.3. The molecule has 6 heteroatoms. The van der Waals surface area contributed by atoms with Crippen molar-refractivity contribution in [3.8, 4) is 0 Å². The summed E-state index contributed by atoms with van der Waals surface area (Å²) in [6.45, 7) is 0. The van der Waals surface area contributed by atoms with Crippen LogP contribution in [-0.2, 0) is 0 Å². The highest BCUT2D eigenvalue weighted by Gasteiger charge is 2.45. The molecule has 1 aliphatic rings. The number of hydrogen-bond acceptors (Lipinski definition) is 1. The van der Waals surface area contributed by atoms with Gasteiger partial charge in [-0.25, -0.2) is 8.78 Å². The van der Waals surface area contributed by atoms with Gasteiger partial charge in [-0.3, -0.25) is 0 Å². The molecule has 1 aromatic rings. The third-order valence-electron chi connectivity index (χ3n) is 3.46. The molecule has 0 amide bonds. The van der Waals surface area contributed by atoms with Crippen molar-refractivity contribution in [3.63, 3.8) is 0 Å². The fourth-order valence-electron chi connectivity index (χ4n) is 2.50. The smallest absolute Gasteiger partial charge is 0.379 e. The summed E-state index contributed by atoms with van der Waals surface area (Å²) in [5.74, 6) is -2.93. The highest BCUT2D eigenvalue weighted by atomic mass is 19.4. The van der Waals surface area contributed by atoms with Crippen LogP contribution in [0, 0.1) is 17.6 Å². The quantitative estimate of drug-likeness (QED) is 0.786. The zero-order valence-electron chi connectivity index (χ0n) is 10.1. The van der Waals surface area contributed by atoms with E-state index in [0.29, 0.717) is 19.3 Å². The van der Waals surface area contributed by atoms with Gasteiger partial charge in [-0.05, 0) is 31.0 Å². The van der Waals surface area contributed by atoms with Gasteiger partial charge in [0, 0.05) is 6.04 Å². The van der Waals surface area contributed by atoms with Crippen molar-refractivity contribution in [2.75, 3.05) is 5.32 Å². The Morgan fingerprint density at radius 1 is 1.05 bits per heavy atom. The van der Waals surface area contributed by atoms with E-state index in [2.05, 4.69) is 5.32 Å². The number of anilines is 1. The first-order valence-electron chi connectivity index (χ1n) is 6.16. The number of halogens is 5. The average Bonchev–Trinajstić information content (AvgIpc) is 2.33. The minimum Gasteiger partial charge on any atom is -0.379 e. The third-order valence-corrected chi connectivity index (χ3v) is 3.46. The first-order chi connectivity index (χ1) is 8.88. The summed E-state index contributed by atoms with van der Waals surface area (Å²) in [7, 11) is 0. The van der Waals surface area contributed by atoms with Crippen LogP contribution >= 0.6 is 0 Å². The van der Waals surface area contributed by atoms with Crippen LogP contribution in [0.2, 0.25) is 0 Å². The Morgan fingerprint density at radius 2 is 1.74 bits per heavy atom. The molecule has 0 radical (unpaired) electrons. The van der Waals surface area contributed by atoms with Crippen LogP contribution in [0.5, 0.6) is 0 Å². The third kappa shape index (κ3) is 3.36. The molecule has 1 saturated carbocycles. The fourth-order valence-corrected chi connectivity index (χ4v) is 2.50. The Bertz CT molecular complexity index is 443. The van der Waals surface area contributed by atoms with Crippen LogP contribution in [0.15, 0.2) is 18.2 Å². The molecule has 0 heterocycles. The molecule has 2 unspecified atom stereocenters. The van der Waals surface area contributed by atoms with Gasteiger partial charge >= 0.3 is 6.18 Å². The lowest BCUT2D eigenvalue weighted by Gasteiger charge is -2.34. The summed E-state index contributed by atoms with van der Waals surface area (Å²) >= 11 is 0. The van der Waals surface area contributed by atoms with Crippen molar-refractivity contribution in [2.24, 2.45) is 5.92 Å². The number of alkyl halides is 3. The van der Waals surface area contributed by atoms with Gasteiger partial charge in [-0.15, -0.1) is 0 Å². The molecule has 0 spiro atoms. The zero-order valence-corrected chi connectivity index (χ0v) is 10.1. The van der Waals surface area contributed by atoms with E-state index in [0.717, 1.165) is 18.2 Å². The van der Waals surface area contributed by atoms with Crippen molar-refractivity contribution < 1.29 is 22.0 Å². The van der Waals surface area contributed by atoms with Gasteiger partial charge in [0.25, 0.3) is 0 Å². The molecular formula is C13H14F5N. The molecule has 1 aliphatic carbocycles. The molecule has 106 valence electrons. The SMILES string of the molecule is Fc1ccc(F)c(NC2CCCCC2C(F)(F)F)c1. The minimum atomic E-state index is -4.32. The molecule has 19 heavy (non-hydrogen) atoms. The maximum atomic E-state index is 13.4. The van der Waals surface area contributed by atoms with Gasteiger partial charge in [0.2, 0.25) is 0 Å². The first kappa shape index (κ1) is 14.1. The van der Waals surface area contributed by atoms with Crippen LogP contribution in [0.1, 0.15) is 25.7 Å². The topological polar surface area (TPSA) is 12.0 Å². The lowest BCUT2D eigenvalue weighted by molar-refractivity contribution is -0.184. The minimum absolute atomic E-state index is 0.0259. The summed E-state index contributed by atoms with van der Waals surface area (Å²) < 4.78 is 65.0. The number of nitrogens with one attached hydrogen (secondary N) is 1. The molecule has 0 bridgehead atoms. The van der Waals surface area contributed by atoms with Gasteiger partial charge in [0.05, 0.1) is 11.6 Å². The van der Waals surface area contributed by atoms with E-state index in [1.165, 1.54) is 0 Å². The Balaban J connectivity index is 2.17. The Kier molecular flexibility index (Phi) is 3.96. The van der Waals surface area contributed by atoms with E-state index in [1.807, 2.05) is 0 Å². The predicted octanol–water partition coefficient (Wildman–Crippen LogP) is 4.50. The van der Waals surface area contributed by atoms with E-state index in [1.54, 1.807) is 0 Å². The van der Waals surface area contributed by atoms with Gasteiger partial charge in [-0.2, -0.15) is 13.2 Å². The van der Waals surface area contributed by atoms with Crippen molar-refractivity contribution in [3.05, 3.63) is 29.8 Å². The van der Waals surface area contributed by atoms with Gasteiger partial charge in [0.1, 0.15) is 11.6 Å². The summed E-state index contributed by atoms with van der Waals surface area (Å²) in [5, 5.41) is 2.51. The number of rotatable bonds is 2. The highest BCUT2D eigenvalue weighted by molar-refractivity contribution is 5.46. The largest absolute Gasteiger partial charge is 0.393 e. The first-order valence-corrected chi connectivity index (χ1v) is 6.16. The Labute approximate surface area is 107 Å². The second-order valence-electron chi connectivity index (χ2n) is 4.81. The zero-order chi connectivity index (χ0) is 14.0. The molecule has 0 aromatic heterocycles. The lowest BCUT2D eigenvalue weighted by Crippen LogP contribution is -2.41. The van der Waals surface area contributed by atoms with Crippen molar-refractivity contribution in [2.45, 2.75) is 37.9 Å². The van der Waals surface area contributed by atoms with E-state index in [9.17, 15) is 22.0 Å². The summed E-state index contributed by atoms with van der Waals surface area (Å²) in [6, 6.07) is 1.83. The summed E-state index contributed by atoms with van der Waals surface area (Å²) in [6.07, 6.45) is -2.82. The summed E-state index contributed by atoms with van der Waals surface area (Å²) in [5.41, 5.74) is -0.207. The van der Waals surface area contributed by atoms with E-state index in [-0.39, 0.29) is 12.1 Å². The number of benzene rings is 1. The molecule has 1 aromatic carbocycles. The van der Waals surface area contributed by atoms with E-state index >= 15 is 0 Å². The van der Waals surface area contributed by atoms with Crippen molar-refractivity contribution >= 4 is 5.69 Å². The monoisotopic (exact) mass is 279 g/mol. The number of hydrogen-bond donors (Lipinski definition) is 1. The maximum absolute atomic E-state index is 13.4. The average molecular weight is 279 g/mol. The van der Waals surface area contributed by atoms with Crippen LogP contribution in [-0.4, -0.2) is 12.2 Å². The van der Waals surface area contributed by atoms with E-state index < -0.39 is 29.8 Å². The van der Waals surface area contributed by atoms with Crippen molar-refractivity contribution in [1.29, 1.82) is 0 Å². The van der Waals surface area contributed by atoms with Gasteiger partial charge in [0.15, 0.2) is 0 Å². The molecule has 2 rings (SSSR count). The molecule has 1 fully saturated rings. The van der Waals surface area contributed by atoms with Gasteiger partial charge < -0.3 is 5.32 Å². The van der Waals surface area contributed by atoms with E-state index in [4.69, 9.17) is 0 Å². The molecule has 1 N–H and O–H groups in total. The van der Waals surface area contributed by atoms with Crippen LogP contribution in [0.3, 0.4) is 0 Å². The standard InChI is InChI=1S/C13H14F5N/c14-8-5-6-10(15)12(7-8)19-11-4-2-1-3-9(11)13(16,17)18/h5-7,9,11,19H,1-4H2. The lowest BCUT2D eigenvalue weighted by atomic mass is 9.84. The molecule has 0 aliphatic heterocycles. The fraction of sp³-hybridized carbons (Fsp3) is 0.538. The second-order valence-corrected chi connectivity index (χ2v) is 4.81. The molecule has 2 atom stereocenters. The Morgan fingerprint density at radius 3 is 2.42 bits per heavy atom.